The Morgan fingerprint density at radius 2 is 1.68 bits per heavy atom. The number of anilines is 2. The van der Waals surface area contributed by atoms with Crippen LogP contribution in [0.1, 0.15) is 15.9 Å². The molecule has 0 saturated heterocycles. The standard InChI is InChI=1S/C19H17BrN4O/c20-16-8-4-7-15(13-16)19(25)22-18-10-9-17(23-24-18)21-12-11-14-5-2-1-3-6-14/h1-10,13H,11-12H2,(H,21,23)(H,22,24,25). The zero-order valence-electron chi connectivity index (χ0n) is 13.4. The van der Waals surface area contributed by atoms with Crippen LogP contribution >= 0.6 is 15.9 Å². The van der Waals surface area contributed by atoms with Gasteiger partial charge in [0.15, 0.2) is 5.82 Å². The molecule has 0 fully saturated rings. The first-order valence-corrected chi connectivity index (χ1v) is 8.68. The van der Waals surface area contributed by atoms with Crippen LogP contribution in [0.25, 0.3) is 0 Å². The molecule has 0 aliphatic heterocycles. The third-order valence-electron chi connectivity index (χ3n) is 3.56. The number of benzene rings is 2. The average Bonchev–Trinajstić information content (AvgIpc) is 2.64. The molecular weight excluding hydrogens is 380 g/mol. The van der Waals surface area contributed by atoms with Gasteiger partial charge in [0.1, 0.15) is 5.82 Å². The van der Waals surface area contributed by atoms with E-state index in [0.717, 1.165) is 17.4 Å². The highest BCUT2D eigenvalue weighted by atomic mass is 79.9. The minimum Gasteiger partial charge on any atom is -0.368 e. The van der Waals surface area contributed by atoms with Gasteiger partial charge in [-0.3, -0.25) is 4.79 Å². The van der Waals surface area contributed by atoms with Crippen molar-refractivity contribution < 1.29 is 4.79 Å². The summed E-state index contributed by atoms with van der Waals surface area (Å²) < 4.78 is 0.851. The van der Waals surface area contributed by atoms with E-state index in [1.54, 1.807) is 24.3 Å². The fourth-order valence-corrected chi connectivity index (χ4v) is 2.69. The van der Waals surface area contributed by atoms with Gasteiger partial charge in [-0.15, -0.1) is 10.2 Å². The smallest absolute Gasteiger partial charge is 0.256 e. The summed E-state index contributed by atoms with van der Waals surface area (Å²) in [6.07, 6.45) is 0.907. The molecule has 1 amide bonds. The van der Waals surface area contributed by atoms with Gasteiger partial charge in [-0.05, 0) is 42.3 Å². The van der Waals surface area contributed by atoms with Crippen molar-refractivity contribution in [3.05, 3.63) is 82.3 Å². The summed E-state index contributed by atoms with van der Waals surface area (Å²) in [5.74, 6) is 0.871. The van der Waals surface area contributed by atoms with Gasteiger partial charge in [0.05, 0.1) is 0 Å². The average molecular weight is 397 g/mol. The minimum absolute atomic E-state index is 0.222. The summed E-state index contributed by atoms with van der Waals surface area (Å²) in [6, 6.07) is 20.9. The quantitative estimate of drug-likeness (QED) is 0.656. The monoisotopic (exact) mass is 396 g/mol. The molecule has 0 atom stereocenters. The van der Waals surface area contributed by atoms with Gasteiger partial charge in [-0.2, -0.15) is 0 Å². The first-order chi connectivity index (χ1) is 12.2. The number of hydrogen-bond acceptors (Lipinski definition) is 4. The van der Waals surface area contributed by atoms with Crippen LogP contribution in [0.4, 0.5) is 11.6 Å². The number of hydrogen-bond donors (Lipinski definition) is 2. The highest BCUT2D eigenvalue weighted by molar-refractivity contribution is 9.10. The molecule has 25 heavy (non-hydrogen) atoms. The van der Waals surface area contributed by atoms with Crippen molar-refractivity contribution in [2.24, 2.45) is 0 Å². The van der Waals surface area contributed by atoms with Crippen LogP contribution in [-0.2, 0) is 6.42 Å². The Morgan fingerprint density at radius 1 is 0.920 bits per heavy atom. The molecule has 2 aromatic carbocycles. The van der Waals surface area contributed by atoms with E-state index in [0.29, 0.717) is 17.2 Å². The van der Waals surface area contributed by atoms with Crippen LogP contribution in [0, 0.1) is 0 Å². The number of nitrogens with one attached hydrogen (secondary N) is 2. The predicted molar refractivity (Wildman–Crippen MR) is 103 cm³/mol. The Morgan fingerprint density at radius 3 is 2.40 bits per heavy atom. The van der Waals surface area contributed by atoms with Gasteiger partial charge >= 0.3 is 0 Å². The molecule has 0 bridgehead atoms. The first kappa shape index (κ1) is 17.1. The summed E-state index contributed by atoms with van der Waals surface area (Å²) >= 11 is 3.35. The summed E-state index contributed by atoms with van der Waals surface area (Å²) in [6.45, 7) is 0.766. The molecule has 0 unspecified atom stereocenters. The number of amides is 1. The maximum atomic E-state index is 12.2. The molecule has 126 valence electrons. The van der Waals surface area contributed by atoms with Crippen molar-refractivity contribution in [3.63, 3.8) is 0 Å². The molecule has 6 heteroatoms. The number of carbonyl (C=O) groups is 1. The highest BCUT2D eigenvalue weighted by Crippen LogP contribution is 2.13. The largest absolute Gasteiger partial charge is 0.368 e. The lowest BCUT2D eigenvalue weighted by Gasteiger charge is -2.07. The lowest BCUT2D eigenvalue weighted by Crippen LogP contribution is -2.14. The zero-order chi connectivity index (χ0) is 17.5. The molecule has 3 rings (SSSR count). The van der Waals surface area contributed by atoms with Gasteiger partial charge in [-0.1, -0.05) is 52.3 Å². The molecule has 0 aliphatic carbocycles. The van der Waals surface area contributed by atoms with Crippen LogP contribution in [0.2, 0.25) is 0 Å². The Kier molecular flexibility index (Phi) is 5.74. The van der Waals surface area contributed by atoms with E-state index in [1.807, 2.05) is 30.3 Å². The van der Waals surface area contributed by atoms with Crippen molar-refractivity contribution in [2.45, 2.75) is 6.42 Å². The molecule has 3 aromatic rings. The van der Waals surface area contributed by atoms with Gasteiger partial charge in [0.25, 0.3) is 5.91 Å². The topological polar surface area (TPSA) is 66.9 Å². The van der Waals surface area contributed by atoms with E-state index < -0.39 is 0 Å². The fourth-order valence-electron chi connectivity index (χ4n) is 2.29. The van der Waals surface area contributed by atoms with Crippen LogP contribution in [-0.4, -0.2) is 22.6 Å². The third kappa shape index (κ3) is 5.12. The summed E-state index contributed by atoms with van der Waals surface area (Å²) in [4.78, 5) is 12.2. The van der Waals surface area contributed by atoms with Gasteiger partial charge in [-0.25, -0.2) is 0 Å². The van der Waals surface area contributed by atoms with Gasteiger partial charge in [0, 0.05) is 16.6 Å². The van der Waals surface area contributed by atoms with E-state index in [-0.39, 0.29) is 5.91 Å². The van der Waals surface area contributed by atoms with Crippen LogP contribution in [0.15, 0.2) is 71.2 Å². The second kappa shape index (κ2) is 8.39. The maximum absolute atomic E-state index is 12.2. The lowest BCUT2D eigenvalue weighted by atomic mass is 10.1. The molecule has 0 radical (unpaired) electrons. The number of rotatable bonds is 6. The Hall–Kier alpha value is -2.73. The molecule has 0 saturated carbocycles. The Balaban J connectivity index is 1.52. The van der Waals surface area contributed by atoms with E-state index in [1.165, 1.54) is 5.56 Å². The van der Waals surface area contributed by atoms with Crippen molar-refractivity contribution in [1.82, 2.24) is 10.2 Å². The molecular formula is C19H17BrN4O. The Labute approximate surface area is 154 Å². The molecule has 2 N–H and O–H groups in total. The van der Waals surface area contributed by atoms with E-state index in [9.17, 15) is 4.79 Å². The van der Waals surface area contributed by atoms with Gasteiger partial charge < -0.3 is 10.6 Å². The number of carbonyl (C=O) groups excluding carboxylic acids is 1. The van der Waals surface area contributed by atoms with Crippen molar-refractivity contribution in [2.75, 3.05) is 17.2 Å². The molecule has 1 aromatic heterocycles. The van der Waals surface area contributed by atoms with Crippen LogP contribution in [0.3, 0.4) is 0 Å². The van der Waals surface area contributed by atoms with Crippen LogP contribution in [0.5, 0.6) is 0 Å². The Bertz CT molecular complexity index is 838. The van der Waals surface area contributed by atoms with E-state index in [4.69, 9.17) is 0 Å². The van der Waals surface area contributed by atoms with E-state index >= 15 is 0 Å². The van der Waals surface area contributed by atoms with E-state index in [2.05, 4.69) is 48.9 Å². The lowest BCUT2D eigenvalue weighted by molar-refractivity contribution is 0.102. The molecule has 1 heterocycles. The number of halogens is 1. The summed E-state index contributed by atoms with van der Waals surface area (Å²) in [5.41, 5.74) is 1.82. The minimum atomic E-state index is -0.222. The SMILES string of the molecule is O=C(Nc1ccc(NCCc2ccccc2)nn1)c1cccc(Br)c1. The second-order valence-electron chi connectivity index (χ2n) is 5.43. The zero-order valence-corrected chi connectivity index (χ0v) is 15.0. The van der Waals surface area contributed by atoms with Crippen molar-refractivity contribution in [1.29, 1.82) is 0 Å². The fraction of sp³-hybridized carbons (Fsp3) is 0.105. The maximum Gasteiger partial charge on any atom is 0.256 e. The number of nitrogens with zero attached hydrogens (tertiary/aromatic N) is 2. The first-order valence-electron chi connectivity index (χ1n) is 7.89. The molecule has 0 aliphatic rings. The van der Waals surface area contributed by atoms with Gasteiger partial charge in [0.2, 0.25) is 0 Å². The molecule has 0 spiro atoms. The predicted octanol–water partition coefficient (Wildman–Crippen LogP) is 4.15. The molecule has 5 nitrogen and oxygen atoms in total. The number of aromatic nitrogens is 2. The highest BCUT2D eigenvalue weighted by Gasteiger charge is 2.07. The normalized spacial score (nSPS) is 10.3. The van der Waals surface area contributed by atoms with Crippen molar-refractivity contribution in [3.8, 4) is 0 Å². The second-order valence-corrected chi connectivity index (χ2v) is 6.35. The summed E-state index contributed by atoms with van der Waals surface area (Å²) in [7, 11) is 0. The van der Waals surface area contributed by atoms with Crippen LogP contribution < -0.4 is 10.6 Å². The van der Waals surface area contributed by atoms with Crippen molar-refractivity contribution >= 4 is 33.5 Å². The third-order valence-corrected chi connectivity index (χ3v) is 4.05. The summed E-state index contributed by atoms with van der Waals surface area (Å²) in [5, 5.41) is 14.1.